The molecule has 0 spiro atoms. The number of fused-ring (bicyclic) bond motifs is 1. The zero-order chi connectivity index (χ0) is 19.9. The predicted octanol–water partition coefficient (Wildman–Crippen LogP) is 1.94. The molecule has 1 fully saturated rings. The Kier molecular flexibility index (Phi) is 8.86. The molecule has 0 aliphatic carbocycles. The molecule has 3 unspecified atom stereocenters. The van der Waals surface area contributed by atoms with Crippen LogP contribution in [0.4, 0.5) is 0 Å². The molecule has 0 amide bonds. The average Bonchev–Trinajstić information content (AvgIpc) is 3.24. The van der Waals surface area contributed by atoms with Crippen molar-refractivity contribution in [1.82, 2.24) is 19.5 Å². The van der Waals surface area contributed by atoms with Crippen LogP contribution in [0, 0.1) is 0 Å². The van der Waals surface area contributed by atoms with Gasteiger partial charge in [0.25, 0.3) is 5.98 Å². The number of hydrogen-bond donors (Lipinski definition) is 3. The molecule has 154 valence electrons. The molecule has 28 heavy (non-hydrogen) atoms. The van der Waals surface area contributed by atoms with Crippen molar-refractivity contribution in [2.75, 3.05) is 26.9 Å². The molecule has 0 aromatic carbocycles. The lowest BCUT2D eigenvalue weighted by atomic mass is 10.3. The van der Waals surface area contributed by atoms with Crippen LogP contribution in [0.1, 0.15) is 5.82 Å². The van der Waals surface area contributed by atoms with E-state index in [4.69, 9.17) is 23.0 Å². The maximum atomic E-state index is 9.75. The summed E-state index contributed by atoms with van der Waals surface area (Å²) < 4.78 is 28.9. The third-order valence-electron chi connectivity index (χ3n) is 3.75. The summed E-state index contributed by atoms with van der Waals surface area (Å²) in [6, 6.07) is 0. The zero-order valence-corrected chi connectivity index (χ0v) is 18.6. The van der Waals surface area contributed by atoms with Gasteiger partial charge in [0.1, 0.15) is 55.3 Å². The van der Waals surface area contributed by atoms with Crippen molar-refractivity contribution in [3.8, 4) is 0 Å². The highest BCUT2D eigenvalue weighted by Gasteiger charge is 2.29. The van der Waals surface area contributed by atoms with Gasteiger partial charge in [-0.15, -0.1) is 0 Å². The fourth-order valence-electron chi connectivity index (χ4n) is 2.50. The topological polar surface area (TPSA) is 110 Å². The fraction of sp³-hybridized carbons (Fsp3) is 0.571. The van der Waals surface area contributed by atoms with Gasteiger partial charge in [0.05, 0.1) is 26.0 Å². The van der Waals surface area contributed by atoms with Gasteiger partial charge >= 0.3 is 6.97 Å². The molecule has 1 saturated heterocycles. The van der Waals surface area contributed by atoms with Gasteiger partial charge in [0.15, 0.2) is 5.65 Å². The third kappa shape index (κ3) is 6.06. The van der Waals surface area contributed by atoms with E-state index < -0.39 is 26.8 Å². The van der Waals surface area contributed by atoms with E-state index in [1.807, 2.05) is 4.57 Å². The Labute approximate surface area is 174 Å². The summed E-state index contributed by atoms with van der Waals surface area (Å²) >= 11 is 8.64. The lowest BCUT2D eigenvalue weighted by molar-refractivity contribution is 0.0718. The van der Waals surface area contributed by atoms with Crippen LogP contribution < -0.4 is 0 Å². The molecule has 2 aromatic heterocycles. The van der Waals surface area contributed by atoms with Gasteiger partial charge in [0, 0.05) is 7.11 Å². The maximum absolute atomic E-state index is 9.75. The summed E-state index contributed by atoms with van der Waals surface area (Å²) in [6.45, 7) is 0.577. The Morgan fingerprint density at radius 2 is 2.36 bits per heavy atom. The minimum Gasteiger partial charge on any atom is -0.388 e. The Morgan fingerprint density at radius 1 is 1.50 bits per heavy atom. The molecule has 10 nitrogen and oxygen atoms in total. The Hall–Kier alpha value is -0.390. The average molecular weight is 467 g/mol. The monoisotopic (exact) mass is 467 g/mol. The van der Waals surface area contributed by atoms with Crippen LogP contribution in [0.3, 0.4) is 0 Å². The molecule has 4 atom stereocenters. The molecule has 1 N–H and O–H groups in total. The summed E-state index contributed by atoms with van der Waals surface area (Å²) in [4.78, 5) is 12.8. The number of thiol groups is 2. The second kappa shape index (κ2) is 11.1. The highest BCUT2D eigenvalue weighted by molar-refractivity contribution is 8.42. The first kappa shape index (κ1) is 22.3. The molecule has 3 rings (SSSR count). The van der Waals surface area contributed by atoms with Crippen LogP contribution in [-0.4, -0.2) is 69.7 Å². The van der Waals surface area contributed by atoms with E-state index in [-0.39, 0.29) is 13.2 Å². The molecule has 0 radical (unpaired) electrons. The van der Waals surface area contributed by atoms with E-state index >= 15 is 0 Å². The first-order chi connectivity index (χ1) is 13.6. The van der Waals surface area contributed by atoms with Crippen LogP contribution in [0.15, 0.2) is 12.5 Å². The van der Waals surface area contributed by atoms with Gasteiger partial charge in [0.2, 0.25) is 7.58 Å². The van der Waals surface area contributed by atoms with Crippen molar-refractivity contribution < 1.29 is 28.2 Å². The number of imidazole rings is 1. The van der Waals surface area contributed by atoms with Crippen molar-refractivity contribution in [1.29, 1.82) is 0 Å². The lowest BCUT2D eigenvalue weighted by Gasteiger charge is -2.18. The standard InChI is InChI=1S/C14H21N4O6P2S2/c1-20-9-25(27)22-3-2-18-13(17-10-4-15-8-16-14(10)18)7-23-26(28)24-12-6-21-5-11(12)19/h4,8-9,11-12,19,27-28H,2-3,5-7H2,1H3/q+1/t11-,12?,26?/m1/s1. The summed E-state index contributed by atoms with van der Waals surface area (Å²) in [5, 5.41) is 9.75. The summed E-state index contributed by atoms with van der Waals surface area (Å²) in [6.07, 6.45) is 2.00. The summed E-state index contributed by atoms with van der Waals surface area (Å²) in [5.74, 6) is 2.19. The number of aromatic nitrogens is 4. The Morgan fingerprint density at radius 3 is 3.11 bits per heavy atom. The second-order valence-electron chi connectivity index (χ2n) is 5.65. The largest absolute Gasteiger partial charge is 0.388 e. The van der Waals surface area contributed by atoms with Gasteiger partial charge in [-0.05, 0) is 0 Å². The van der Waals surface area contributed by atoms with Gasteiger partial charge in [-0.25, -0.2) is 15.0 Å². The Bertz CT molecular complexity index is 813. The number of ether oxygens (including phenoxy) is 2. The van der Waals surface area contributed by atoms with Crippen LogP contribution >= 0.6 is 39.0 Å². The van der Waals surface area contributed by atoms with E-state index in [1.54, 1.807) is 19.3 Å². The first-order valence-corrected chi connectivity index (χ1v) is 13.1. The van der Waals surface area contributed by atoms with Crippen LogP contribution in [-0.2, 0) is 36.2 Å². The minimum atomic E-state index is -1.51. The predicted molar refractivity (Wildman–Crippen MR) is 113 cm³/mol. The Balaban J connectivity index is 1.63. The third-order valence-corrected chi connectivity index (χ3v) is 6.65. The van der Waals surface area contributed by atoms with Gasteiger partial charge in [-0.3, -0.25) is 0 Å². The van der Waals surface area contributed by atoms with E-state index in [1.165, 1.54) is 6.33 Å². The number of aliphatic hydroxyl groups excluding tert-OH is 1. The number of methoxy groups -OCH3 is 1. The number of rotatable bonds is 10. The van der Waals surface area contributed by atoms with Crippen molar-refractivity contribution >= 4 is 56.2 Å². The summed E-state index contributed by atoms with van der Waals surface area (Å²) in [5.41, 5.74) is 1.34. The molecule has 2 aromatic rings. The van der Waals surface area contributed by atoms with Crippen LogP contribution in [0.25, 0.3) is 11.2 Å². The van der Waals surface area contributed by atoms with Gasteiger partial charge < -0.3 is 28.2 Å². The molecule has 1 aliphatic heterocycles. The van der Waals surface area contributed by atoms with E-state index in [0.29, 0.717) is 36.7 Å². The lowest BCUT2D eigenvalue weighted by Crippen LogP contribution is -2.24. The van der Waals surface area contributed by atoms with E-state index in [0.717, 1.165) is 0 Å². The molecule has 14 heteroatoms. The van der Waals surface area contributed by atoms with Crippen LogP contribution in [0.2, 0.25) is 0 Å². The fourth-order valence-corrected chi connectivity index (χ4v) is 4.79. The number of aliphatic hydroxyl groups is 1. The van der Waals surface area contributed by atoms with E-state index in [9.17, 15) is 5.11 Å². The quantitative estimate of drug-likeness (QED) is 0.357. The molecule has 1 aliphatic rings. The highest BCUT2D eigenvalue weighted by Crippen LogP contribution is 2.46. The van der Waals surface area contributed by atoms with Crippen molar-refractivity contribution in [3.63, 3.8) is 0 Å². The number of hydrogen-bond acceptors (Lipinski definition) is 11. The molecule has 0 saturated carbocycles. The first-order valence-electron chi connectivity index (χ1n) is 8.25. The van der Waals surface area contributed by atoms with Crippen molar-refractivity contribution in [2.45, 2.75) is 25.4 Å². The van der Waals surface area contributed by atoms with Gasteiger partial charge in [-0.2, -0.15) is 4.52 Å². The second-order valence-corrected chi connectivity index (χ2v) is 9.83. The highest BCUT2D eigenvalue weighted by atomic mass is 32.7. The smallest absolute Gasteiger partial charge is 0.351 e. The zero-order valence-electron chi connectivity index (χ0n) is 15.0. The minimum absolute atomic E-state index is 0.162. The summed E-state index contributed by atoms with van der Waals surface area (Å²) in [7, 11) is 0.0462. The molecule has 0 bridgehead atoms. The van der Waals surface area contributed by atoms with E-state index in [2.05, 4.69) is 39.4 Å². The van der Waals surface area contributed by atoms with Crippen LogP contribution in [0.5, 0.6) is 0 Å². The number of nitrogens with zero attached hydrogens (tertiary/aromatic N) is 4. The normalized spacial score (nSPS) is 21.5. The van der Waals surface area contributed by atoms with Crippen molar-refractivity contribution in [2.24, 2.45) is 0 Å². The maximum Gasteiger partial charge on any atom is 0.351 e. The molecular formula is C14H21N4O6P2S2+. The van der Waals surface area contributed by atoms with Gasteiger partial charge in [-0.1, -0.05) is 12.2 Å². The SMILES string of the molecule is COC=[P+](S)OCCn1c(COP(S)OC2COC[C@H]2O)nc2cncnc21. The van der Waals surface area contributed by atoms with Crippen molar-refractivity contribution in [3.05, 3.63) is 18.3 Å². The molecule has 3 heterocycles. The molecular weight excluding hydrogens is 446 g/mol.